The Hall–Kier alpha value is -2.62. The number of benzene rings is 2. The standard InChI is InChI=1S/C23H27N3O/c1-4-5-10-22(27)25(14-16(2)3)15-17-11-12-19-18-8-6-7-9-20(18)23-24-26(23)21(19)13-17/h6-9,11-13,16H,4-5,10,14-15H2,1-3H3. The minimum Gasteiger partial charge on any atom is -0.338 e. The highest BCUT2D eigenvalue weighted by Gasteiger charge is 2.36. The molecule has 0 saturated heterocycles. The summed E-state index contributed by atoms with van der Waals surface area (Å²) in [6.07, 6.45) is 2.65. The van der Waals surface area contributed by atoms with Crippen molar-refractivity contribution in [1.82, 2.24) is 4.90 Å². The summed E-state index contributed by atoms with van der Waals surface area (Å²) in [5.74, 6) is 1.77. The van der Waals surface area contributed by atoms with E-state index in [0.29, 0.717) is 18.9 Å². The van der Waals surface area contributed by atoms with E-state index < -0.39 is 0 Å². The Morgan fingerprint density at radius 3 is 2.63 bits per heavy atom. The highest BCUT2D eigenvalue weighted by atomic mass is 16.2. The summed E-state index contributed by atoms with van der Waals surface area (Å²) in [7, 11) is 0. The van der Waals surface area contributed by atoms with Crippen molar-refractivity contribution in [2.45, 2.75) is 46.6 Å². The molecule has 0 radical (unpaired) electrons. The number of amides is 1. The van der Waals surface area contributed by atoms with Crippen molar-refractivity contribution in [3.05, 3.63) is 53.6 Å². The predicted molar refractivity (Wildman–Crippen MR) is 111 cm³/mol. The van der Waals surface area contributed by atoms with Crippen LogP contribution in [0, 0.1) is 5.92 Å². The monoisotopic (exact) mass is 361 g/mol. The molecule has 4 heteroatoms. The van der Waals surface area contributed by atoms with Gasteiger partial charge in [-0.2, -0.15) is 0 Å². The summed E-state index contributed by atoms with van der Waals surface area (Å²) in [4.78, 5) is 14.7. The number of anilines is 1. The van der Waals surface area contributed by atoms with Crippen molar-refractivity contribution in [3.63, 3.8) is 0 Å². The van der Waals surface area contributed by atoms with Crippen LogP contribution >= 0.6 is 0 Å². The van der Waals surface area contributed by atoms with Crippen molar-refractivity contribution in [3.8, 4) is 11.1 Å². The van der Waals surface area contributed by atoms with Gasteiger partial charge < -0.3 is 4.90 Å². The van der Waals surface area contributed by atoms with Crippen LogP contribution in [0.25, 0.3) is 11.1 Å². The van der Waals surface area contributed by atoms with Gasteiger partial charge in [0, 0.05) is 30.6 Å². The van der Waals surface area contributed by atoms with Crippen LogP contribution in [0.3, 0.4) is 0 Å². The van der Waals surface area contributed by atoms with E-state index >= 15 is 0 Å². The molecule has 0 aliphatic carbocycles. The summed E-state index contributed by atoms with van der Waals surface area (Å²) in [6, 6.07) is 15.0. The SMILES string of the molecule is CCCCC(=O)N(Cc1ccc2c(c1)N1N=C1c1ccccc1-2)CC(C)C. The van der Waals surface area contributed by atoms with E-state index in [1.165, 1.54) is 22.3 Å². The lowest BCUT2D eigenvalue weighted by Crippen LogP contribution is -2.33. The van der Waals surface area contributed by atoms with Gasteiger partial charge in [0.2, 0.25) is 5.91 Å². The van der Waals surface area contributed by atoms with Gasteiger partial charge in [0.15, 0.2) is 5.84 Å². The van der Waals surface area contributed by atoms with Gasteiger partial charge in [-0.15, -0.1) is 5.10 Å². The largest absolute Gasteiger partial charge is 0.338 e. The summed E-state index contributed by atoms with van der Waals surface area (Å²) in [5, 5.41) is 6.57. The topological polar surface area (TPSA) is 35.7 Å². The third-order valence-corrected chi connectivity index (χ3v) is 5.16. The number of carbonyl (C=O) groups excluding carboxylic acids is 1. The molecule has 0 atom stereocenters. The molecular formula is C23H27N3O. The van der Waals surface area contributed by atoms with Gasteiger partial charge in [-0.1, -0.05) is 63.6 Å². The van der Waals surface area contributed by atoms with Crippen LogP contribution in [0.5, 0.6) is 0 Å². The Labute approximate surface area is 161 Å². The zero-order valence-corrected chi connectivity index (χ0v) is 16.4. The van der Waals surface area contributed by atoms with E-state index in [9.17, 15) is 4.79 Å². The minimum atomic E-state index is 0.261. The number of unbranched alkanes of at least 4 members (excludes halogenated alkanes) is 1. The molecule has 0 saturated carbocycles. The van der Waals surface area contributed by atoms with Crippen molar-refractivity contribution < 1.29 is 4.79 Å². The van der Waals surface area contributed by atoms with Crippen molar-refractivity contribution in [2.75, 3.05) is 11.6 Å². The molecule has 2 aromatic carbocycles. The average Bonchev–Trinajstić information content (AvgIpc) is 3.46. The third-order valence-electron chi connectivity index (χ3n) is 5.16. The number of hydrazone groups is 1. The van der Waals surface area contributed by atoms with E-state index in [4.69, 9.17) is 0 Å². The van der Waals surface area contributed by atoms with Crippen LogP contribution in [0.4, 0.5) is 5.69 Å². The fraction of sp³-hybridized carbons (Fsp3) is 0.391. The number of nitrogens with zero attached hydrogens (tertiary/aromatic N) is 3. The van der Waals surface area contributed by atoms with Crippen LogP contribution in [-0.4, -0.2) is 23.2 Å². The molecule has 4 rings (SSSR count). The van der Waals surface area contributed by atoms with E-state index in [1.807, 2.05) is 9.91 Å². The lowest BCUT2D eigenvalue weighted by Gasteiger charge is -2.26. The quantitative estimate of drug-likeness (QED) is 0.694. The second-order valence-corrected chi connectivity index (χ2v) is 7.90. The van der Waals surface area contributed by atoms with Gasteiger partial charge in [-0.25, -0.2) is 5.01 Å². The lowest BCUT2D eigenvalue weighted by atomic mass is 9.93. The van der Waals surface area contributed by atoms with Crippen LogP contribution in [0.2, 0.25) is 0 Å². The molecule has 0 bridgehead atoms. The molecule has 2 aromatic rings. The first-order valence-corrected chi connectivity index (χ1v) is 9.97. The molecule has 1 amide bonds. The Balaban J connectivity index is 1.59. The zero-order valence-electron chi connectivity index (χ0n) is 16.4. The van der Waals surface area contributed by atoms with E-state index in [0.717, 1.165) is 30.9 Å². The molecule has 2 aliphatic heterocycles. The molecule has 140 valence electrons. The van der Waals surface area contributed by atoms with Crippen LogP contribution in [-0.2, 0) is 11.3 Å². The van der Waals surface area contributed by atoms with Gasteiger partial charge in [0.25, 0.3) is 0 Å². The average molecular weight is 361 g/mol. The maximum Gasteiger partial charge on any atom is 0.222 e. The first kappa shape index (κ1) is 17.8. The Morgan fingerprint density at radius 2 is 1.89 bits per heavy atom. The molecule has 0 aromatic heterocycles. The second kappa shape index (κ2) is 7.18. The molecule has 4 nitrogen and oxygen atoms in total. The van der Waals surface area contributed by atoms with Crippen molar-refractivity contribution in [1.29, 1.82) is 0 Å². The number of fused-ring (bicyclic) bond motifs is 6. The van der Waals surface area contributed by atoms with E-state index in [1.54, 1.807) is 0 Å². The summed E-state index contributed by atoms with van der Waals surface area (Å²) >= 11 is 0. The number of carbonyl (C=O) groups is 1. The number of hydrogen-bond acceptors (Lipinski definition) is 3. The smallest absolute Gasteiger partial charge is 0.222 e. The number of amidine groups is 1. The summed E-state index contributed by atoms with van der Waals surface area (Å²) in [5.41, 5.74) is 5.96. The van der Waals surface area contributed by atoms with Crippen molar-refractivity contribution >= 4 is 17.4 Å². The van der Waals surface area contributed by atoms with Crippen LogP contribution in [0.15, 0.2) is 47.6 Å². The Kier molecular flexibility index (Phi) is 4.73. The molecule has 2 aliphatic rings. The molecular weight excluding hydrogens is 334 g/mol. The summed E-state index contributed by atoms with van der Waals surface area (Å²) in [6.45, 7) is 7.93. The zero-order chi connectivity index (χ0) is 19.0. The minimum absolute atomic E-state index is 0.261. The fourth-order valence-corrected chi connectivity index (χ4v) is 3.80. The Morgan fingerprint density at radius 1 is 1.11 bits per heavy atom. The molecule has 0 N–H and O–H groups in total. The lowest BCUT2D eigenvalue weighted by molar-refractivity contribution is -0.132. The normalized spacial score (nSPS) is 13.6. The van der Waals surface area contributed by atoms with Gasteiger partial charge >= 0.3 is 0 Å². The van der Waals surface area contributed by atoms with Gasteiger partial charge in [0.05, 0.1) is 5.69 Å². The maximum atomic E-state index is 12.7. The molecule has 0 unspecified atom stereocenters. The first-order chi connectivity index (χ1) is 13.1. The molecule has 0 fully saturated rings. The van der Waals surface area contributed by atoms with Gasteiger partial charge in [-0.05, 0) is 29.5 Å². The molecule has 27 heavy (non-hydrogen) atoms. The van der Waals surface area contributed by atoms with Crippen molar-refractivity contribution in [2.24, 2.45) is 11.0 Å². The maximum absolute atomic E-state index is 12.7. The van der Waals surface area contributed by atoms with Crippen LogP contribution < -0.4 is 5.01 Å². The number of rotatable bonds is 7. The van der Waals surface area contributed by atoms with Crippen LogP contribution in [0.1, 0.15) is 51.2 Å². The highest BCUT2D eigenvalue weighted by molar-refractivity contribution is 6.26. The molecule has 2 heterocycles. The van der Waals surface area contributed by atoms with Gasteiger partial charge in [-0.3, -0.25) is 4.79 Å². The predicted octanol–water partition coefficient (Wildman–Crippen LogP) is 5.02. The highest BCUT2D eigenvalue weighted by Crippen LogP contribution is 2.44. The van der Waals surface area contributed by atoms with E-state index in [2.05, 4.69) is 68.3 Å². The summed E-state index contributed by atoms with van der Waals surface area (Å²) < 4.78 is 0. The number of hydrogen-bond donors (Lipinski definition) is 0. The molecule has 0 spiro atoms. The van der Waals surface area contributed by atoms with E-state index in [-0.39, 0.29) is 5.91 Å². The second-order valence-electron chi connectivity index (χ2n) is 7.90. The fourth-order valence-electron chi connectivity index (χ4n) is 3.80. The first-order valence-electron chi connectivity index (χ1n) is 9.97. The third kappa shape index (κ3) is 3.48. The Bertz CT molecular complexity index is 900. The van der Waals surface area contributed by atoms with Gasteiger partial charge in [0.1, 0.15) is 0 Å².